The first-order valence-electron chi connectivity index (χ1n) is 4.58. The van der Waals surface area contributed by atoms with E-state index in [1.54, 1.807) is 12.4 Å². The summed E-state index contributed by atoms with van der Waals surface area (Å²) in [6.07, 6.45) is 3.50. The first kappa shape index (κ1) is 8.16. The highest BCUT2D eigenvalue weighted by molar-refractivity contribution is 5.89. The van der Waals surface area contributed by atoms with Crippen molar-refractivity contribution in [1.29, 1.82) is 0 Å². The van der Waals surface area contributed by atoms with E-state index in [0.717, 1.165) is 16.4 Å². The van der Waals surface area contributed by atoms with E-state index in [9.17, 15) is 0 Å². The highest BCUT2D eigenvalue weighted by Gasteiger charge is 2.07. The van der Waals surface area contributed by atoms with Gasteiger partial charge in [-0.05, 0) is 12.1 Å². The van der Waals surface area contributed by atoms with Crippen LogP contribution in [0.25, 0.3) is 22.1 Å². The zero-order valence-electron chi connectivity index (χ0n) is 8.18. The van der Waals surface area contributed by atoms with Gasteiger partial charge >= 0.3 is 0 Å². The Bertz CT molecular complexity index is 655. The van der Waals surface area contributed by atoms with Gasteiger partial charge in [0.25, 0.3) is 0 Å². The number of anilines is 1. The Morgan fingerprint density at radius 3 is 3.07 bits per heavy atom. The molecule has 0 saturated heterocycles. The van der Waals surface area contributed by atoms with E-state index in [4.69, 9.17) is 5.73 Å². The molecule has 0 amide bonds. The van der Waals surface area contributed by atoms with E-state index in [1.807, 2.05) is 23.7 Å². The number of nitrogens with zero attached hydrogens (tertiary/aromatic N) is 4. The van der Waals surface area contributed by atoms with Gasteiger partial charge < -0.3 is 10.3 Å². The molecule has 15 heavy (non-hydrogen) atoms. The van der Waals surface area contributed by atoms with Crippen LogP contribution in [0.4, 0.5) is 5.95 Å². The zero-order chi connectivity index (χ0) is 10.4. The number of aromatic nitrogens is 4. The molecule has 2 N–H and O–H groups in total. The minimum absolute atomic E-state index is 0.473. The summed E-state index contributed by atoms with van der Waals surface area (Å²) in [5.41, 5.74) is 8.20. The number of aryl methyl sites for hydroxylation is 1. The Hall–Kier alpha value is -2.17. The van der Waals surface area contributed by atoms with Gasteiger partial charge in [-0.1, -0.05) is 0 Å². The van der Waals surface area contributed by atoms with Gasteiger partial charge in [0.15, 0.2) is 5.65 Å². The van der Waals surface area contributed by atoms with Crippen LogP contribution in [0.3, 0.4) is 0 Å². The van der Waals surface area contributed by atoms with Crippen molar-refractivity contribution in [2.24, 2.45) is 7.05 Å². The van der Waals surface area contributed by atoms with Crippen LogP contribution in [0, 0.1) is 0 Å². The van der Waals surface area contributed by atoms with Gasteiger partial charge in [-0.15, -0.1) is 0 Å². The van der Waals surface area contributed by atoms with Crippen molar-refractivity contribution in [2.75, 3.05) is 5.73 Å². The van der Waals surface area contributed by atoms with Crippen LogP contribution < -0.4 is 5.73 Å². The molecule has 74 valence electrons. The van der Waals surface area contributed by atoms with E-state index in [-0.39, 0.29) is 0 Å². The van der Waals surface area contributed by atoms with Gasteiger partial charge in [0.05, 0.1) is 11.0 Å². The average molecular weight is 199 g/mol. The van der Waals surface area contributed by atoms with E-state index >= 15 is 0 Å². The number of pyridine rings is 2. The quantitative estimate of drug-likeness (QED) is 0.588. The van der Waals surface area contributed by atoms with Crippen molar-refractivity contribution in [1.82, 2.24) is 19.5 Å². The maximum atomic E-state index is 5.71. The Morgan fingerprint density at radius 1 is 1.33 bits per heavy atom. The van der Waals surface area contributed by atoms with Crippen molar-refractivity contribution < 1.29 is 0 Å². The van der Waals surface area contributed by atoms with Crippen molar-refractivity contribution >= 4 is 28.0 Å². The lowest BCUT2D eigenvalue weighted by atomic mass is 10.2. The molecule has 0 saturated carbocycles. The van der Waals surface area contributed by atoms with Crippen molar-refractivity contribution in [3.05, 3.63) is 24.5 Å². The molecule has 0 atom stereocenters. The number of hydrogen-bond acceptors (Lipinski definition) is 4. The third-order valence-electron chi connectivity index (χ3n) is 2.50. The van der Waals surface area contributed by atoms with E-state index in [2.05, 4.69) is 15.0 Å². The van der Waals surface area contributed by atoms with Crippen LogP contribution in [-0.4, -0.2) is 19.5 Å². The molecule has 0 spiro atoms. The zero-order valence-corrected chi connectivity index (χ0v) is 8.18. The maximum Gasteiger partial charge on any atom is 0.202 e. The smallest absolute Gasteiger partial charge is 0.202 e. The second-order valence-electron chi connectivity index (χ2n) is 3.43. The van der Waals surface area contributed by atoms with Crippen molar-refractivity contribution in [3.63, 3.8) is 0 Å². The first-order chi connectivity index (χ1) is 7.25. The van der Waals surface area contributed by atoms with Crippen LogP contribution in [-0.2, 0) is 7.05 Å². The molecule has 0 aromatic carbocycles. The molecule has 0 aliphatic carbocycles. The standard InChI is InChI=1S/C10H9N5/c1-15-8-4-6-5-12-3-2-7(6)13-9(8)14-10(15)11/h2-5H,1H3,(H2,11,13,14). The summed E-state index contributed by atoms with van der Waals surface area (Å²) >= 11 is 0. The number of nitrogen functional groups attached to an aromatic ring is 1. The minimum Gasteiger partial charge on any atom is -0.369 e. The van der Waals surface area contributed by atoms with E-state index in [1.165, 1.54) is 0 Å². The van der Waals surface area contributed by atoms with Crippen LogP contribution in [0.15, 0.2) is 24.5 Å². The minimum atomic E-state index is 0.473. The molecule has 3 rings (SSSR count). The van der Waals surface area contributed by atoms with Crippen molar-refractivity contribution in [3.8, 4) is 0 Å². The fourth-order valence-electron chi connectivity index (χ4n) is 1.63. The molecule has 0 bridgehead atoms. The third-order valence-corrected chi connectivity index (χ3v) is 2.50. The lowest BCUT2D eigenvalue weighted by Crippen LogP contribution is -1.95. The molecular formula is C10H9N5. The highest BCUT2D eigenvalue weighted by atomic mass is 15.2. The topological polar surface area (TPSA) is 69.6 Å². The van der Waals surface area contributed by atoms with E-state index in [0.29, 0.717) is 11.6 Å². The molecule has 5 nitrogen and oxygen atoms in total. The third kappa shape index (κ3) is 1.06. The number of fused-ring (bicyclic) bond motifs is 2. The summed E-state index contributed by atoms with van der Waals surface area (Å²) < 4.78 is 1.81. The molecule has 3 heterocycles. The van der Waals surface area contributed by atoms with Gasteiger partial charge in [-0.2, -0.15) is 4.98 Å². The van der Waals surface area contributed by atoms with E-state index < -0.39 is 0 Å². The van der Waals surface area contributed by atoms with Crippen LogP contribution in [0.2, 0.25) is 0 Å². The molecule has 3 aromatic heterocycles. The fraction of sp³-hybridized carbons (Fsp3) is 0.100. The molecule has 0 unspecified atom stereocenters. The average Bonchev–Trinajstić information content (AvgIpc) is 2.52. The number of hydrogen-bond donors (Lipinski definition) is 1. The van der Waals surface area contributed by atoms with Crippen molar-refractivity contribution in [2.45, 2.75) is 0 Å². The number of rotatable bonds is 0. The molecule has 5 heteroatoms. The predicted molar refractivity (Wildman–Crippen MR) is 58.2 cm³/mol. The maximum absolute atomic E-state index is 5.71. The molecule has 3 aromatic rings. The van der Waals surface area contributed by atoms with Gasteiger partial charge in [0.2, 0.25) is 5.95 Å². The second-order valence-corrected chi connectivity index (χ2v) is 3.43. The van der Waals surface area contributed by atoms with Gasteiger partial charge in [0, 0.05) is 24.8 Å². The summed E-state index contributed by atoms with van der Waals surface area (Å²) in [4.78, 5) is 12.6. The Labute approximate surface area is 85.6 Å². The Kier molecular flexibility index (Phi) is 1.45. The van der Waals surface area contributed by atoms with Crippen LogP contribution >= 0.6 is 0 Å². The Balaban J connectivity index is 2.53. The summed E-state index contributed by atoms with van der Waals surface area (Å²) in [6, 6.07) is 3.85. The second kappa shape index (κ2) is 2.66. The number of imidazole rings is 1. The van der Waals surface area contributed by atoms with Gasteiger partial charge in [-0.25, -0.2) is 4.98 Å². The molecule has 0 aliphatic heterocycles. The largest absolute Gasteiger partial charge is 0.369 e. The normalized spacial score (nSPS) is 11.3. The molecule has 0 fully saturated rings. The lowest BCUT2D eigenvalue weighted by molar-refractivity contribution is 0.966. The lowest BCUT2D eigenvalue weighted by Gasteiger charge is -1.97. The summed E-state index contributed by atoms with van der Waals surface area (Å²) in [7, 11) is 1.87. The monoisotopic (exact) mass is 199 g/mol. The number of nitrogens with two attached hydrogens (primary N) is 1. The van der Waals surface area contributed by atoms with Gasteiger partial charge in [-0.3, -0.25) is 4.98 Å². The SMILES string of the molecule is Cn1c(N)nc2nc3ccncc3cc21. The summed E-state index contributed by atoms with van der Waals surface area (Å²) in [5.74, 6) is 0.473. The first-order valence-corrected chi connectivity index (χ1v) is 4.58. The van der Waals surface area contributed by atoms with Crippen LogP contribution in [0.1, 0.15) is 0 Å². The molecule has 0 aliphatic rings. The highest BCUT2D eigenvalue weighted by Crippen LogP contribution is 2.19. The van der Waals surface area contributed by atoms with Crippen LogP contribution in [0.5, 0.6) is 0 Å². The Morgan fingerprint density at radius 2 is 2.20 bits per heavy atom. The fourth-order valence-corrected chi connectivity index (χ4v) is 1.63. The molecular weight excluding hydrogens is 190 g/mol. The molecule has 0 radical (unpaired) electrons. The summed E-state index contributed by atoms with van der Waals surface area (Å²) in [5, 5.41) is 0.994. The summed E-state index contributed by atoms with van der Waals surface area (Å²) in [6.45, 7) is 0. The van der Waals surface area contributed by atoms with Gasteiger partial charge in [0.1, 0.15) is 0 Å². The predicted octanol–water partition coefficient (Wildman–Crippen LogP) is 1.10.